The Morgan fingerprint density at radius 1 is 1.33 bits per heavy atom. The van der Waals surface area contributed by atoms with Crippen molar-refractivity contribution in [2.24, 2.45) is 0 Å². The van der Waals surface area contributed by atoms with Gasteiger partial charge in [-0.2, -0.15) is 0 Å². The van der Waals surface area contributed by atoms with E-state index in [9.17, 15) is 4.79 Å². The highest BCUT2D eigenvalue weighted by molar-refractivity contribution is 5.69. The van der Waals surface area contributed by atoms with Gasteiger partial charge in [-0.05, 0) is 31.1 Å². The molecule has 2 nitrogen and oxygen atoms in total. The average molecular weight is 242 g/mol. The van der Waals surface area contributed by atoms with E-state index in [2.05, 4.69) is 11.8 Å². The van der Waals surface area contributed by atoms with Gasteiger partial charge in [0.05, 0.1) is 6.61 Å². The minimum Gasteiger partial charge on any atom is -0.466 e. The molecule has 18 heavy (non-hydrogen) atoms. The highest BCUT2D eigenvalue weighted by atomic mass is 16.5. The smallest absolute Gasteiger partial charge is 0.305 e. The number of carbonyl (C=O) groups excluding carboxylic acids is 1. The standard InChI is InChI=1S/C16H18O2/c1-2-18-16(17)14-10-5-3-4-7-11-15-12-8-6-9-13-15/h6-9,11-13H,2,5,10,14H2,1H3/b11-7+. The van der Waals surface area contributed by atoms with Crippen LogP contribution in [0.15, 0.2) is 36.4 Å². The fourth-order valence-electron chi connectivity index (χ4n) is 1.39. The van der Waals surface area contributed by atoms with Gasteiger partial charge in [-0.25, -0.2) is 0 Å². The normalized spacial score (nSPS) is 9.83. The molecule has 0 heterocycles. The number of carbonyl (C=O) groups is 1. The van der Waals surface area contributed by atoms with Gasteiger partial charge in [0, 0.05) is 12.8 Å². The van der Waals surface area contributed by atoms with E-state index < -0.39 is 0 Å². The van der Waals surface area contributed by atoms with Crippen molar-refractivity contribution in [3.8, 4) is 11.8 Å². The quantitative estimate of drug-likeness (QED) is 0.449. The van der Waals surface area contributed by atoms with Gasteiger partial charge < -0.3 is 4.74 Å². The van der Waals surface area contributed by atoms with E-state index in [4.69, 9.17) is 4.74 Å². The average Bonchev–Trinajstić information content (AvgIpc) is 2.39. The first kappa shape index (κ1) is 14.1. The van der Waals surface area contributed by atoms with Gasteiger partial charge in [-0.3, -0.25) is 4.79 Å². The maximum atomic E-state index is 11.0. The second-order valence-electron chi connectivity index (χ2n) is 3.72. The molecule has 0 amide bonds. The number of hydrogen-bond donors (Lipinski definition) is 0. The molecule has 1 aromatic carbocycles. The Kier molecular flexibility index (Phi) is 7.08. The zero-order chi connectivity index (χ0) is 13.1. The van der Waals surface area contributed by atoms with E-state index >= 15 is 0 Å². The van der Waals surface area contributed by atoms with E-state index in [1.54, 1.807) is 0 Å². The van der Waals surface area contributed by atoms with Gasteiger partial charge in [0.1, 0.15) is 0 Å². The summed E-state index contributed by atoms with van der Waals surface area (Å²) in [5, 5.41) is 0. The maximum absolute atomic E-state index is 11.0. The van der Waals surface area contributed by atoms with Crippen molar-refractivity contribution in [3.63, 3.8) is 0 Å². The van der Waals surface area contributed by atoms with Crippen LogP contribution in [0.2, 0.25) is 0 Å². The molecule has 1 aromatic rings. The van der Waals surface area contributed by atoms with E-state index in [1.165, 1.54) is 0 Å². The maximum Gasteiger partial charge on any atom is 0.305 e. The number of allylic oxidation sites excluding steroid dienone is 1. The summed E-state index contributed by atoms with van der Waals surface area (Å²) < 4.78 is 4.83. The highest BCUT2D eigenvalue weighted by Crippen LogP contribution is 2.00. The molecule has 0 radical (unpaired) electrons. The van der Waals surface area contributed by atoms with Crippen LogP contribution in [-0.2, 0) is 9.53 Å². The molecular weight excluding hydrogens is 224 g/mol. The van der Waals surface area contributed by atoms with Gasteiger partial charge in [0.15, 0.2) is 0 Å². The number of unbranched alkanes of at least 4 members (excludes halogenated alkanes) is 1. The van der Waals surface area contributed by atoms with Crippen molar-refractivity contribution >= 4 is 12.0 Å². The Morgan fingerprint density at radius 3 is 2.83 bits per heavy atom. The van der Waals surface area contributed by atoms with E-state index in [0.717, 1.165) is 18.4 Å². The van der Waals surface area contributed by atoms with Crippen molar-refractivity contribution in [2.45, 2.75) is 26.2 Å². The molecule has 0 bridgehead atoms. The second kappa shape index (κ2) is 9.07. The fraction of sp³-hybridized carbons (Fsp3) is 0.312. The molecular formula is C16H18O2. The summed E-state index contributed by atoms with van der Waals surface area (Å²) in [6.07, 6.45) is 5.73. The van der Waals surface area contributed by atoms with Crippen LogP contribution in [0.1, 0.15) is 31.7 Å². The summed E-state index contributed by atoms with van der Waals surface area (Å²) in [6.45, 7) is 2.26. The molecule has 2 heteroatoms. The molecule has 1 rings (SSSR count). The van der Waals surface area contributed by atoms with Crippen LogP contribution in [0, 0.1) is 11.8 Å². The summed E-state index contributed by atoms with van der Waals surface area (Å²) in [4.78, 5) is 11.0. The number of rotatable bonds is 5. The van der Waals surface area contributed by atoms with Crippen molar-refractivity contribution in [1.82, 2.24) is 0 Å². The van der Waals surface area contributed by atoms with Crippen molar-refractivity contribution in [3.05, 3.63) is 42.0 Å². The number of benzene rings is 1. The lowest BCUT2D eigenvalue weighted by Gasteiger charge is -1.98. The molecule has 0 fully saturated rings. The molecule has 0 saturated heterocycles. The van der Waals surface area contributed by atoms with Gasteiger partial charge in [0.25, 0.3) is 0 Å². The zero-order valence-electron chi connectivity index (χ0n) is 10.7. The van der Waals surface area contributed by atoms with Gasteiger partial charge in [-0.1, -0.05) is 42.2 Å². The minimum absolute atomic E-state index is 0.140. The summed E-state index contributed by atoms with van der Waals surface area (Å²) in [6, 6.07) is 10.0. The van der Waals surface area contributed by atoms with Gasteiger partial charge in [-0.15, -0.1) is 0 Å². The first-order valence-electron chi connectivity index (χ1n) is 6.18. The number of esters is 1. The summed E-state index contributed by atoms with van der Waals surface area (Å²) in [5.74, 6) is 5.83. The zero-order valence-corrected chi connectivity index (χ0v) is 10.7. The van der Waals surface area contributed by atoms with Crippen LogP contribution < -0.4 is 0 Å². The molecule has 0 N–H and O–H groups in total. The van der Waals surface area contributed by atoms with Crippen LogP contribution in [0.25, 0.3) is 6.08 Å². The molecule has 0 saturated carbocycles. The molecule has 0 aliphatic carbocycles. The summed E-state index contributed by atoms with van der Waals surface area (Å²) >= 11 is 0. The lowest BCUT2D eigenvalue weighted by atomic mass is 10.2. The Morgan fingerprint density at radius 2 is 2.11 bits per heavy atom. The van der Waals surface area contributed by atoms with Crippen LogP contribution >= 0.6 is 0 Å². The SMILES string of the molecule is CCOC(=O)CCCC#C/C=C/c1ccccc1. The molecule has 0 unspecified atom stereocenters. The molecule has 94 valence electrons. The molecule has 0 spiro atoms. The molecule has 0 aliphatic rings. The van der Waals surface area contributed by atoms with Crippen molar-refractivity contribution in [2.75, 3.05) is 6.61 Å². The Hall–Kier alpha value is -2.01. The highest BCUT2D eigenvalue weighted by Gasteiger charge is 1.98. The number of ether oxygens (including phenoxy) is 1. The molecule has 0 aromatic heterocycles. The van der Waals surface area contributed by atoms with Gasteiger partial charge >= 0.3 is 5.97 Å². The van der Waals surface area contributed by atoms with E-state index in [1.807, 2.05) is 49.4 Å². The van der Waals surface area contributed by atoms with Gasteiger partial charge in [0.2, 0.25) is 0 Å². The summed E-state index contributed by atoms with van der Waals surface area (Å²) in [5.41, 5.74) is 1.14. The third-order valence-electron chi connectivity index (χ3n) is 2.25. The third kappa shape index (κ3) is 6.55. The van der Waals surface area contributed by atoms with Crippen LogP contribution in [0.4, 0.5) is 0 Å². The van der Waals surface area contributed by atoms with Crippen molar-refractivity contribution in [1.29, 1.82) is 0 Å². The van der Waals surface area contributed by atoms with Crippen molar-refractivity contribution < 1.29 is 9.53 Å². The first-order valence-corrected chi connectivity index (χ1v) is 6.18. The second-order valence-corrected chi connectivity index (χ2v) is 3.72. The minimum atomic E-state index is -0.140. The molecule has 0 atom stereocenters. The predicted octanol–water partition coefficient (Wildman–Crippen LogP) is 3.44. The van der Waals surface area contributed by atoms with Crippen LogP contribution in [0.3, 0.4) is 0 Å². The van der Waals surface area contributed by atoms with Crippen LogP contribution in [0.5, 0.6) is 0 Å². The Bertz CT molecular complexity index is 435. The Labute approximate surface area is 109 Å². The van der Waals surface area contributed by atoms with E-state index in [0.29, 0.717) is 13.0 Å². The lowest BCUT2D eigenvalue weighted by molar-refractivity contribution is -0.143. The fourth-order valence-corrected chi connectivity index (χ4v) is 1.39. The predicted molar refractivity (Wildman–Crippen MR) is 73.7 cm³/mol. The third-order valence-corrected chi connectivity index (χ3v) is 2.25. The largest absolute Gasteiger partial charge is 0.466 e. The van der Waals surface area contributed by atoms with E-state index in [-0.39, 0.29) is 5.97 Å². The summed E-state index contributed by atoms with van der Waals surface area (Å²) in [7, 11) is 0. The molecule has 0 aliphatic heterocycles. The topological polar surface area (TPSA) is 26.3 Å². The lowest BCUT2D eigenvalue weighted by Crippen LogP contribution is -2.02. The van der Waals surface area contributed by atoms with Crippen LogP contribution in [-0.4, -0.2) is 12.6 Å². The monoisotopic (exact) mass is 242 g/mol. The first-order chi connectivity index (χ1) is 8.83. The number of hydrogen-bond acceptors (Lipinski definition) is 2. The Balaban J connectivity index is 2.19.